The van der Waals surface area contributed by atoms with Crippen LogP contribution < -0.4 is 4.74 Å². The maximum absolute atomic E-state index is 13.4. The SMILES string of the molecule is COc1ccc(C2=NN(C(=O)CN3CCC(C)CC3)[C@H](c3cc(C)ccc3C)C2)cc1. The molecule has 2 aliphatic heterocycles. The molecule has 0 spiro atoms. The van der Waals surface area contributed by atoms with Crippen LogP contribution in [0.25, 0.3) is 0 Å². The second-order valence-electron chi connectivity index (χ2n) is 9.05. The Morgan fingerprint density at radius 2 is 1.81 bits per heavy atom. The number of aryl methyl sites for hydroxylation is 2. The molecule has 2 aliphatic rings. The number of benzene rings is 2. The first kappa shape index (κ1) is 21.6. The van der Waals surface area contributed by atoms with Crippen LogP contribution in [0.4, 0.5) is 0 Å². The number of ether oxygens (including phenoxy) is 1. The average molecular weight is 420 g/mol. The summed E-state index contributed by atoms with van der Waals surface area (Å²) in [4.78, 5) is 15.7. The van der Waals surface area contributed by atoms with Crippen molar-refractivity contribution in [1.29, 1.82) is 0 Å². The molecular weight excluding hydrogens is 386 g/mol. The lowest BCUT2D eigenvalue weighted by Gasteiger charge is -2.31. The molecule has 2 aromatic rings. The van der Waals surface area contributed by atoms with Gasteiger partial charge in [0.05, 0.1) is 25.4 Å². The van der Waals surface area contributed by atoms with E-state index in [1.165, 1.54) is 16.7 Å². The largest absolute Gasteiger partial charge is 0.497 e. The number of piperidine rings is 1. The second-order valence-corrected chi connectivity index (χ2v) is 9.05. The van der Waals surface area contributed by atoms with E-state index >= 15 is 0 Å². The minimum absolute atomic E-state index is 0.0618. The van der Waals surface area contributed by atoms with Gasteiger partial charge in [-0.15, -0.1) is 0 Å². The van der Waals surface area contributed by atoms with Crippen molar-refractivity contribution in [3.63, 3.8) is 0 Å². The Bertz CT molecular complexity index is 959. The summed E-state index contributed by atoms with van der Waals surface area (Å²) in [5, 5.41) is 6.61. The molecule has 0 N–H and O–H groups in total. The summed E-state index contributed by atoms with van der Waals surface area (Å²) in [6, 6.07) is 14.4. The van der Waals surface area contributed by atoms with Gasteiger partial charge in [-0.05, 0) is 86.7 Å². The molecule has 0 unspecified atom stereocenters. The quantitative estimate of drug-likeness (QED) is 0.704. The van der Waals surface area contributed by atoms with Crippen molar-refractivity contribution >= 4 is 11.6 Å². The highest BCUT2D eigenvalue weighted by molar-refractivity contribution is 6.03. The molecule has 164 valence electrons. The van der Waals surface area contributed by atoms with Gasteiger partial charge in [-0.3, -0.25) is 9.69 Å². The van der Waals surface area contributed by atoms with Gasteiger partial charge < -0.3 is 4.74 Å². The van der Waals surface area contributed by atoms with Crippen molar-refractivity contribution in [2.75, 3.05) is 26.7 Å². The van der Waals surface area contributed by atoms with E-state index in [1.54, 1.807) is 12.1 Å². The van der Waals surface area contributed by atoms with Gasteiger partial charge in [-0.2, -0.15) is 5.10 Å². The molecule has 2 aromatic carbocycles. The first-order valence-electron chi connectivity index (χ1n) is 11.3. The summed E-state index contributed by atoms with van der Waals surface area (Å²) in [6.07, 6.45) is 3.04. The van der Waals surface area contributed by atoms with Crippen molar-refractivity contribution in [2.45, 2.75) is 46.1 Å². The molecule has 0 bridgehead atoms. The molecule has 5 heteroatoms. The van der Waals surface area contributed by atoms with Crippen molar-refractivity contribution in [2.24, 2.45) is 11.0 Å². The van der Waals surface area contributed by atoms with Crippen LogP contribution in [-0.4, -0.2) is 48.3 Å². The molecular formula is C26H33N3O2. The van der Waals surface area contributed by atoms with Crippen LogP contribution >= 0.6 is 0 Å². The number of carbonyl (C=O) groups is 1. The zero-order chi connectivity index (χ0) is 22.0. The van der Waals surface area contributed by atoms with E-state index < -0.39 is 0 Å². The molecule has 4 rings (SSSR count). The molecule has 0 radical (unpaired) electrons. The third kappa shape index (κ3) is 4.82. The van der Waals surface area contributed by atoms with Gasteiger partial charge in [0.25, 0.3) is 5.91 Å². The molecule has 0 aliphatic carbocycles. The van der Waals surface area contributed by atoms with Crippen LogP contribution in [0.3, 0.4) is 0 Å². The van der Waals surface area contributed by atoms with Gasteiger partial charge in [0.2, 0.25) is 0 Å². The lowest BCUT2D eigenvalue weighted by Crippen LogP contribution is -2.41. The number of hydrogen-bond acceptors (Lipinski definition) is 4. The molecule has 1 amide bonds. The summed E-state index contributed by atoms with van der Waals surface area (Å²) >= 11 is 0. The van der Waals surface area contributed by atoms with Gasteiger partial charge >= 0.3 is 0 Å². The minimum atomic E-state index is -0.0618. The van der Waals surface area contributed by atoms with Crippen molar-refractivity contribution in [1.82, 2.24) is 9.91 Å². The Kier molecular flexibility index (Phi) is 6.42. The lowest BCUT2D eigenvalue weighted by molar-refractivity contribution is -0.134. The summed E-state index contributed by atoms with van der Waals surface area (Å²) in [7, 11) is 1.67. The fraction of sp³-hybridized carbons (Fsp3) is 0.462. The van der Waals surface area contributed by atoms with Crippen LogP contribution in [0.15, 0.2) is 47.6 Å². The fourth-order valence-electron chi connectivity index (χ4n) is 4.54. The number of amides is 1. The van der Waals surface area contributed by atoms with E-state index in [1.807, 2.05) is 24.3 Å². The Balaban J connectivity index is 1.61. The number of nitrogens with zero attached hydrogens (tertiary/aromatic N) is 3. The maximum Gasteiger partial charge on any atom is 0.257 e. The van der Waals surface area contributed by atoms with E-state index in [9.17, 15) is 4.79 Å². The standard InChI is InChI=1S/C26H33N3O2/c1-18-11-13-28(14-12-18)17-26(30)29-25(23-15-19(2)5-6-20(23)3)16-24(27-29)21-7-9-22(31-4)10-8-21/h5-10,15,18,25H,11-14,16-17H2,1-4H3/t25-/m0/s1. The van der Waals surface area contributed by atoms with Crippen LogP contribution in [0.2, 0.25) is 0 Å². The van der Waals surface area contributed by atoms with Gasteiger partial charge in [0, 0.05) is 6.42 Å². The van der Waals surface area contributed by atoms with Gasteiger partial charge in [0.15, 0.2) is 0 Å². The van der Waals surface area contributed by atoms with Crippen LogP contribution in [-0.2, 0) is 4.79 Å². The molecule has 31 heavy (non-hydrogen) atoms. The highest BCUT2D eigenvalue weighted by atomic mass is 16.5. The number of rotatable bonds is 5. The zero-order valence-electron chi connectivity index (χ0n) is 19.1. The summed E-state index contributed by atoms with van der Waals surface area (Å²) < 4.78 is 5.29. The summed E-state index contributed by atoms with van der Waals surface area (Å²) in [6.45, 7) is 8.93. The third-order valence-electron chi connectivity index (χ3n) is 6.62. The third-order valence-corrected chi connectivity index (χ3v) is 6.62. The van der Waals surface area contributed by atoms with Gasteiger partial charge in [-0.25, -0.2) is 5.01 Å². The molecule has 2 heterocycles. The van der Waals surface area contributed by atoms with Crippen molar-refractivity contribution < 1.29 is 9.53 Å². The van der Waals surface area contributed by atoms with Crippen molar-refractivity contribution in [3.8, 4) is 5.75 Å². The van der Waals surface area contributed by atoms with Crippen LogP contribution in [0, 0.1) is 19.8 Å². The predicted octanol–water partition coefficient (Wildman–Crippen LogP) is 4.72. The van der Waals surface area contributed by atoms with Gasteiger partial charge in [0.1, 0.15) is 5.75 Å². The van der Waals surface area contributed by atoms with E-state index in [-0.39, 0.29) is 11.9 Å². The minimum Gasteiger partial charge on any atom is -0.497 e. The first-order chi connectivity index (χ1) is 14.9. The Morgan fingerprint density at radius 1 is 1.10 bits per heavy atom. The summed E-state index contributed by atoms with van der Waals surface area (Å²) in [5.41, 5.74) is 5.59. The van der Waals surface area contributed by atoms with Gasteiger partial charge in [-0.1, -0.05) is 30.7 Å². The average Bonchev–Trinajstić information content (AvgIpc) is 3.22. The van der Waals surface area contributed by atoms with E-state index in [0.717, 1.165) is 55.3 Å². The Hall–Kier alpha value is -2.66. The van der Waals surface area contributed by atoms with Crippen LogP contribution in [0.1, 0.15) is 54.5 Å². The fourth-order valence-corrected chi connectivity index (χ4v) is 4.54. The number of hydrazone groups is 1. The molecule has 0 saturated carbocycles. The zero-order valence-corrected chi connectivity index (χ0v) is 19.1. The summed E-state index contributed by atoms with van der Waals surface area (Å²) in [5.74, 6) is 1.66. The topological polar surface area (TPSA) is 45.1 Å². The van der Waals surface area contributed by atoms with E-state index in [2.05, 4.69) is 43.9 Å². The Morgan fingerprint density at radius 3 is 2.48 bits per heavy atom. The van der Waals surface area contributed by atoms with Crippen molar-refractivity contribution in [3.05, 3.63) is 64.7 Å². The Labute approximate surface area is 185 Å². The highest BCUT2D eigenvalue weighted by Crippen LogP contribution is 2.35. The van der Waals surface area contributed by atoms with E-state index in [0.29, 0.717) is 6.54 Å². The molecule has 1 fully saturated rings. The number of hydrogen-bond donors (Lipinski definition) is 0. The molecule has 0 aromatic heterocycles. The smallest absolute Gasteiger partial charge is 0.257 e. The maximum atomic E-state index is 13.4. The molecule has 1 saturated heterocycles. The lowest BCUT2D eigenvalue weighted by atomic mass is 9.94. The monoisotopic (exact) mass is 419 g/mol. The number of methoxy groups -OCH3 is 1. The van der Waals surface area contributed by atoms with Crippen LogP contribution in [0.5, 0.6) is 5.75 Å². The number of carbonyl (C=O) groups excluding carboxylic acids is 1. The van der Waals surface area contributed by atoms with E-state index in [4.69, 9.17) is 9.84 Å². The number of likely N-dealkylation sites (tertiary alicyclic amines) is 1. The predicted molar refractivity (Wildman–Crippen MR) is 124 cm³/mol. The molecule has 1 atom stereocenters. The first-order valence-corrected chi connectivity index (χ1v) is 11.3. The highest BCUT2D eigenvalue weighted by Gasteiger charge is 2.34. The normalized spacial score (nSPS) is 20.1. The molecule has 5 nitrogen and oxygen atoms in total. The second kappa shape index (κ2) is 9.23.